The van der Waals surface area contributed by atoms with Crippen LogP contribution < -0.4 is 4.80 Å². The van der Waals surface area contributed by atoms with Gasteiger partial charge in [-0.2, -0.15) is 5.10 Å². The zero-order valence-electron chi connectivity index (χ0n) is 11.8. The number of aromatic amines is 1. The molecule has 3 aromatic rings. The first-order valence-electron chi connectivity index (χ1n) is 6.67. The average molecular weight is 363 g/mol. The van der Waals surface area contributed by atoms with Crippen LogP contribution in [-0.2, 0) is 0 Å². The molecule has 0 fully saturated rings. The van der Waals surface area contributed by atoms with E-state index in [1.807, 2.05) is 37.0 Å². The quantitative estimate of drug-likeness (QED) is 0.686. The van der Waals surface area contributed by atoms with E-state index in [9.17, 15) is 0 Å². The molecule has 0 atom stereocenters. The second kappa shape index (κ2) is 5.99. The average Bonchev–Trinajstić information content (AvgIpc) is 3.02. The Morgan fingerprint density at radius 3 is 3.10 bits per heavy atom. The summed E-state index contributed by atoms with van der Waals surface area (Å²) in [6, 6.07) is 6.17. The van der Waals surface area contributed by atoms with E-state index in [1.54, 1.807) is 11.3 Å². The molecule has 0 aliphatic carbocycles. The Morgan fingerprint density at radius 1 is 1.43 bits per heavy atom. The van der Waals surface area contributed by atoms with Gasteiger partial charge in [-0.15, -0.1) is 11.3 Å². The van der Waals surface area contributed by atoms with E-state index in [-0.39, 0.29) is 0 Å². The fourth-order valence-corrected chi connectivity index (χ4v) is 3.34. The Bertz CT molecular complexity index is 869. The maximum Gasteiger partial charge on any atom is 0.205 e. The van der Waals surface area contributed by atoms with E-state index < -0.39 is 0 Å². The summed E-state index contributed by atoms with van der Waals surface area (Å²) in [5.74, 6) is 0. The molecule has 1 N–H and O–H groups in total. The summed E-state index contributed by atoms with van der Waals surface area (Å²) < 4.78 is 2.94. The van der Waals surface area contributed by atoms with E-state index in [1.165, 1.54) is 0 Å². The van der Waals surface area contributed by atoms with Crippen molar-refractivity contribution in [2.45, 2.75) is 13.8 Å². The molecule has 2 heterocycles. The number of nitrogens with one attached hydrogen (secondary N) is 1. The third-order valence-electron chi connectivity index (χ3n) is 3.13. The summed E-state index contributed by atoms with van der Waals surface area (Å²) in [6.45, 7) is 4.82. The van der Waals surface area contributed by atoms with Crippen LogP contribution >= 0.6 is 27.3 Å². The van der Waals surface area contributed by atoms with Crippen molar-refractivity contribution in [1.82, 2.24) is 9.66 Å². The lowest BCUT2D eigenvalue weighted by Crippen LogP contribution is -2.12. The van der Waals surface area contributed by atoms with Gasteiger partial charge in [-0.3, -0.25) is 4.99 Å². The topological polar surface area (TPSA) is 45.4 Å². The molecule has 0 spiro atoms. The molecule has 4 nitrogen and oxygen atoms in total. The second-order valence-electron chi connectivity index (χ2n) is 4.62. The molecule has 1 aromatic carbocycles. The van der Waals surface area contributed by atoms with Gasteiger partial charge in [0.15, 0.2) is 0 Å². The van der Waals surface area contributed by atoms with Crippen molar-refractivity contribution in [3.05, 3.63) is 50.3 Å². The lowest BCUT2D eigenvalue weighted by Gasteiger charge is -1.97. The molecular weight excluding hydrogens is 348 g/mol. The lowest BCUT2D eigenvalue weighted by molar-refractivity contribution is 0.794. The van der Waals surface area contributed by atoms with Gasteiger partial charge in [0, 0.05) is 39.1 Å². The molecule has 0 unspecified atom stereocenters. The highest BCUT2D eigenvalue weighted by atomic mass is 79.9. The van der Waals surface area contributed by atoms with E-state index in [0.717, 1.165) is 38.0 Å². The van der Waals surface area contributed by atoms with Gasteiger partial charge >= 0.3 is 0 Å². The van der Waals surface area contributed by atoms with Crippen molar-refractivity contribution in [1.29, 1.82) is 0 Å². The highest BCUT2D eigenvalue weighted by molar-refractivity contribution is 9.10. The third kappa shape index (κ3) is 2.87. The van der Waals surface area contributed by atoms with Gasteiger partial charge in [-0.05, 0) is 32.0 Å². The monoisotopic (exact) mass is 362 g/mol. The molecule has 0 bridgehead atoms. The number of aryl methyl sites for hydroxylation is 1. The maximum atomic E-state index is 4.58. The van der Waals surface area contributed by atoms with Crippen molar-refractivity contribution < 1.29 is 0 Å². The summed E-state index contributed by atoms with van der Waals surface area (Å²) in [5, 5.41) is 7.80. The molecule has 0 saturated carbocycles. The lowest BCUT2D eigenvalue weighted by atomic mass is 10.2. The first-order chi connectivity index (χ1) is 10.2. The highest BCUT2D eigenvalue weighted by Crippen LogP contribution is 2.21. The van der Waals surface area contributed by atoms with Gasteiger partial charge in [0.05, 0.1) is 11.9 Å². The van der Waals surface area contributed by atoms with Gasteiger partial charge < -0.3 is 4.98 Å². The zero-order valence-corrected chi connectivity index (χ0v) is 14.2. The zero-order chi connectivity index (χ0) is 14.8. The fraction of sp³-hybridized carbons (Fsp3) is 0.200. The maximum absolute atomic E-state index is 4.58. The van der Waals surface area contributed by atoms with Crippen molar-refractivity contribution in [3.8, 4) is 0 Å². The van der Waals surface area contributed by atoms with Crippen LogP contribution in [0.2, 0.25) is 0 Å². The minimum Gasteiger partial charge on any atom is -0.361 e. The smallest absolute Gasteiger partial charge is 0.205 e. The first kappa shape index (κ1) is 14.3. The molecule has 0 amide bonds. The van der Waals surface area contributed by atoms with Crippen LogP contribution in [0.1, 0.15) is 18.2 Å². The molecule has 2 aromatic heterocycles. The Balaban J connectivity index is 2.04. The van der Waals surface area contributed by atoms with Crippen LogP contribution in [0.15, 0.2) is 44.3 Å². The molecule has 0 radical (unpaired) electrons. The van der Waals surface area contributed by atoms with Gasteiger partial charge in [-0.1, -0.05) is 15.9 Å². The van der Waals surface area contributed by atoms with E-state index >= 15 is 0 Å². The SMILES string of the molecule is CCN=c1scc(C)n1N=Cc1c[nH]c2ccc(Br)cc12. The van der Waals surface area contributed by atoms with Gasteiger partial charge in [0.2, 0.25) is 4.80 Å². The van der Waals surface area contributed by atoms with Crippen LogP contribution in [0.4, 0.5) is 0 Å². The molecule has 6 heteroatoms. The van der Waals surface area contributed by atoms with Crippen molar-refractivity contribution in [2.75, 3.05) is 6.54 Å². The molecule has 108 valence electrons. The van der Waals surface area contributed by atoms with Crippen molar-refractivity contribution >= 4 is 44.4 Å². The van der Waals surface area contributed by atoms with E-state index in [2.05, 4.69) is 48.5 Å². The minimum atomic E-state index is 0.759. The summed E-state index contributed by atoms with van der Waals surface area (Å²) in [6.07, 6.45) is 3.85. The van der Waals surface area contributed by atoms with Crippen molar-refractivity contribution in [3.63, 3.8) is 0 Å². The molecule has 3 rings (SSSR count). The third-order valence-corrected chi connectivity index (χ3v) is 4.60. The first-order valence-corrected chi connectivity index (χ1v) is 8.35. The normalized spacial score (nSPS) is 12.8. The van der Waals surface area contributed by atoms with Gasteiger partial charge in [-0.25, -0.2) is 4.68 Å². The number of benzene rings is 1. The van der Waals surface area contributed by atoms with Gasteiger partial charge in [0.25, 0.3) is 0 Å². The Hall–Kier alpha value is -1.66. The van der Waals surface area contributed by atoms with Crippen LogP contribution in [0, 0.1) is 6.92 Å². The second-order valence-corrected chi connectivity index (χ2v) is 6.38. The van der Waals surface area contributed by atoms with Crippen LogP contribution in [0.3, 0.4) is 0 Å². The number of halogens is 1. The number of hydrogen-bond donors (Lipinski definition) is 1. The Labute approximate surface area is 135 Å². The van der Waals surface area contributed by atoms with Crippen LogP contribution in [0.25, 0.3) is 10.9 Å². The largest absolute Gasteiger partial charge is 0.361 e. The number of nitrogens with zero attached hydrogens (tertiary/aromatic N) is 3. The predicted molar refractivity (Wildman–Crippen MR) is 92.1 cm³/mol. The highest BCUT2D eigenvalue weighted by Gasteiger charge is 2.03. The number of aromatic nitrogens is 2. The van der Waals surface area contributed by atoms with Crippen LogP contribution in [-0.4, -0.2) is 22.4 Å². The number of thiazole rings is 1. The molecular formula is C15H15BrN4S. The molecule has 0 aliphatic rings. The van der Waals surface area contributed by atoms with E-state index in [4.69, 9.17) is 0 Å². The van der Waals surface area contributed by atoms with E-state index in [0.29, 0.717) is 0 Å². The number of hydrogen-bond acceptors (Lipinski definition) is 3. The standard InChI is InChI=1S/C15H15BrN4S/c1-3-17-15-20(10(2)9-21-15)19-8-11-7-18-14-5-4-12(16)6-13(11)14/h4-9,18H,3H2,1-2H3. The molecule has 0 aliphatic heterocycles. The summed E-state index contributed by atoms with van der Waals surface area (Å²) in [4.78, 5) is 8.64. The number of rotatable bonds is 3. The summed E-state index contributed by atoms with van der Waals surface area (Å²) >= 11 is 5.12. The number of H-pyrrole nitrogens is 1. The van der Waals surface area contributed by atoms with Crippen LogP contribution in [0.5, 0.6) is 0 Å². The molecule has 21 heavy (non-hydrogen) atoms. The minimum absolute atomic E-state index is 0.759. The fourth-order valence-electron chi connectivity index (χ4n) is 2.11. The Morgan fingerprint density at radius 2 is 2.29 bits per heavy atom. The van der Waals surface area contributed by atoms with Crippen molar-refractivity contribution in [2.24, 2.45) is 10.1 Å². The number of fused-ring (bicyclic) bond motifs is 1. The predicted octanol–water partition coefficient (Wildman–Crippen LogP) is 3.90. The summed E-state index contributed by atoms with van der Waals surface area (Å²) in [5.41, 5.74) is 3.25. The summed E-state index contributed by atoms with van der Waals surface area (Å²) in [7, 11) is 0. The molecule has 0 saturated heterocycles. The Kier molecular flexibility index (Phi) is 4.07. The van der Waals surface area contributed by atoms with Gasteiger partial charge in [0.1, 0.15) is 0 Å².